The van der Waals surface area contributed by atoms with E-state index in [1.54, 1.807) is 6.07 Å². The molecule has 0 radical (unpaired) electrons. The summed E-state index contributed by atoms with van der Waals surface area (Å²) in [6.45, 7) is 2.10. The van der Waals surface area contributed by atoms with Crippen molar-refractivity contribution < 1.29 is 4.42 Å². The van der Waals surface area contributed by atoms with Crippen molar-refractivity contribution in [2.45, 2.75) is 19.8 Å². The second kappa shape index (κ2) is 5.29. The summed E-state index contributed by atoms with van der Waals surface area (Å²) in [6, 6.07) is 5.46. The van der Waals surface area contributed by atoms with Crippen LogP contribution in [-0.2, 0) is 6.42 Å². The predicted octanol–water partition coefficient (Wildman–Crippen LogP) is 2.74. The Kier molecular flexibility index (Phi) is 3.75. The highest BCUT2D eigenvalue weighted by atomic mass is 79.9. The van der Waals surface area contributed by atoms with Crippen LogP contribution in [-0.4, -0.2) is 9.97 Å². The van der Waals surface area contributed by atoms with Gasteiger partial charge in [-0.05, 0) is 34.5 Å². The molecule has 0 saturated heterocycles. The molecule has 0 aliphatic carbocycles. The summed E-state index contributed by atoms with van der Waals surface area (Å²) in [5, 5.41) is 0. The molecule has 2 rings (SSSR count). The summed E-state index contributed by atoms with van der Waals surface area (Å²) in [4.78, 5) is 8.69. The van der Waals surface area contributed by atoms with Crippen molar-refractivity contribution in [1.82, 2.24) is 9.97 Å². The van der Waals surface area contributed by atoms with E-state index in [4.69, 9.17) is 10.3 Å². The zero-order valence-electron chi connectivity index (χ0n) is 9.40. The molecule has 0 aromatic carbocycles. The third-order valence-electron chi connectivity index (χ3n) is 2.23. The molecular weight excluding hydrogens is 284 g/mol. The molecule has 5 nitrogen and oxygen atoms in total. The molecule has 0 aliphatic rings. The fourth-order valence-corrected chi connectivity index (χ4v) is 1.81. The largest absolute Gasteiger partial charge is 0.446 e. The zero-order chi connectivity index (χ0) is 12.3. The molecule has 2 heterocycles. The van der Waals surface area contributed by atoms with E-state index in [2.05, 4.69) is 38.2 Å². The Hall–Kier alpha value is -1.40. The SMILES string of the molecule is CCCc1cc(NN)nc(-c2ccc(Br)o2)n1. The molecule has 0 aliphatic heterocycles. The van der Waals surface area contributed by atoms with Crippen LogP contribution in [0.25, 0.3) is 11.6 Å². The van der Waals surface area contributed by atoms with Gasteiger partial charge in [-0.15, -0.1) is 0 Å². The summed E-state index contributed by atoms with van der Waals surface area (Å²) >= 11 is 3.25. The Morgan fingerprint density at radius 2 is 2.24 bits per heavy atom. The summed E-state index contributed by atoms with van der Waals surface area (Å²) in [7, 11) is 0. The van der Waals surface area contributed by atoms with Gasteiger partial charge in [-0.1, -0.05) is 13.3 Å². The first-order valence-corrected chi connectivity index (χ1v) is 6.12. The lowest BCUT2D eigenvalue weighted by atomic mass is 10.2. The van der Waals surface area contributed by atoms with E-state index in [9.17, 15) is 0 Å². The Balaban J connectivity index is 2.42. The van der Waals surface area contributed by atoms with Gasteiger partial charge in [0.05, 0.1) is 0 Å². The number of aromatic nitrogens is 2. The molecule has 2 aromatic heterocycles. The van der Waals surface area contributed by atoms with E-state index in [1.807, 2.05) is 12.1 Å². The smallest absolute Gasteiger partial charge is 0.197 e. The fraction of sp³-hybridized carbons (Fsp3) is 0.273. The molecule has 0 bridgehead atoms. The number of hydrogen-bond acceptors (Lipinski definition) is 5. The first-order chi connectivity index (χ1) is 8.22. The number of anilines is 1. The highest BCUT2D eigenvalue weighted by molar-refractivity contribution is 9.10. The van der Waals surface area contributed by atoms with Crippen LogP contribution in [0.5, 0.6) is 0 Å². The van der Waals surface area contributed by atoms with Gasteiger partial charge in [0.25, 0.3) is 0 Å². The minimum Gasteiger partial charge on any atom is -0.446 e. The molecule has 0 saturated carbocycles. The molecule has 0 fully saturated rings. The first-order valence-electron chi connectivity index (χ1n) is 5.33. The zero-order valence-corrected chi connectivity index (χ0v) is 11.0. The molecular formula is C11H13BrN4O. The molecule has 6 heteroatoms. The van der Waals surface area contributed by atoms with E-state index >= 15 is 0 Å². The van der Waals surface area contributed by atoms with Crippen LogP contribution in [0.4, 0.5) is 5.82 Å². The van der Waals surface area contributed by atoms with Crippen molar-refractivity contribution >= 4 is 21.7 Å². The third kappa shape index (κ3) is 2.83. The summed E-state index contributed by atoms with van der Waals surface area (Å²) in [6.07, 6.45) is 1.90. The molecule has 0 spiro atoms. The van der Waals surface area contributed by atoms with Crippen molar-refractivity contribution in [1.29, 1.82) is 0 Å². The lowest BCUT2D eigenvalue weighted by Crippen LogP contribution is -2.10. The Morgan fingerprint density at radius 3 is 2.82 bits per heavy atom. The van der Waals surface area contributed by atoms with Crippen molar-refractivity contribution in [3.05, 3.63) is 28.6 Å². The number of nitrogens with one attached hydrogen (secondary N) is 1. The number of nitrogens with two attached hydrogens (primary N) is 1. The van der Waals surface area contributed by atoms with E-state index in [0.29, 0.717) is 22.1 Å². The number of aryl methyl sites for hydroxylation is 1. The lowest BCUT2D eigenvalue weighted by Gasteiger charge is -2.05. The average Bonchev–Trinajstić information content (AvgIpc) is 2.76. The Morgan fingerprint density at radius 1 is 1.41 bits per heavy atom. The van der Waals surface area contributed by atoms with Gasteiger partial charge in [0.15, 0.2) is 16.3 Å². The van der Waals surface area contributed by atoms with Gasteiger partial charge < -0.3 is 9.84 Å². The van der Waals surface area contributed by atoms with Crippen LogP contribution in [0.2, 0.25) is 0 Å². The molecule has 0 unspecified atom stereocenters. The van der Waals surface area contributed by atoms with Gasteiger partial charge in [-0.2, -0.15) is 0 Å². The first kappa shape index (κ1) is 12.1. The quantitative estimate of drug-likeness (QED) is 0.670. The van der Waals surface area contributed by atoms with Crippen LogP contribution in [0.15, 0.2) is 27.3 Å². The van der Waals surface area contributed by atoms with Crippen LogP contribution in [0.3, 0.4) is 0 Å². The molecule has 0 atom stereocenters. The number of nitrogens with zero attached hydrogens (tertiary/aromatic N) is 2. The van der Waals surface area contributed by atoms with Gasteiger partial charge in [0.2, 0.25) is 0 Å². The maximum Gasteiger partial charge on any atom is 0.197 e. The van der Waals surface area contributed by atoms with Gasteiger partial charge in [-0.25, -0.2) is 15.8 Å². The van der Waals surface area contributed by atoms with Gasteiger partial charge in [0.1, 0.15) is 5.82 Å². The number of hydrogen-bond donors (Lipinski definition) is 2. The van der Waals surface area contributed by atoms with Crippen LogP contribution < -0.4 is 11.3 Å². The lowest BCUT2D eigenvalue weighted by molar-refractivity contribution is 0.551. The number of rotatable bonds is 4. The van der Waals surface area contributed by atoms with Crippen LogP contribution in [0.1, 0.15) is 19.0 Å². The van der Waals surface area contributed by atoms with Crippen molar-refractivity contribution in [3.63, 3.8) is 0 Å². The second-order valence-electron chi connectivity index (χ2n) is 3.57. The number of halogens is 1. The highest BCUT2D eigenvalue weighted by Crippen LogP contribution is 2.23. The fourth-order valence-electron chi connectivity index (χ4n) is 1.50. The minimum atomic E-state index is 0.537. The standard InChI is InChI=1S/C11H13BrN4O/c1-2-3-7-6-10(16-13)15-11(14-7)8-4-5-9(12)17-8/h4-6H,2-3,13H2,1H3,(H,14,15,16). The summed E-state index contributed by atoms with van der Waals surface area (Å²) in [5.74, 6) is 7.13. The van der Waals surface area contributed by atoms with Crippen LogP contribution in [0, 0.1) is 0 Å². The third-order valence-corrected chi connectivity index (χ3v) is 2.65. The molecule has 17 heavy (non-hydrogen) atoms. The number of hydrazine groups is 1. The van der Waals surface area contributed by atoms with Crippen molar-refractivity contribution in [3.8, 4) is 11.6 Å². The Bertz CT molecular complexity index is 512. The van der Waals surface area contributed by atoms with Gasteiger partial charge in [0, 0.05) is 11.8 Å². The topological polar surface area (TPSA) is 77.0 Å². The molecule has 0 amide bonds. The maximum atomic E-state index is 5.43. The monoisotopic (exact) mass is 296 g/mol. The normalized spacial score (nSPS) is 10.5. The minimum absolute atomic E-state index is 0.537. The van der Waals surface area contributed by atoms with E-state index in [0.717, 1.165) is 18.5 Å². The van der Waals surface area contributed by atoms with Gasteiger partial charge >= 0.3 is 0 Å². The van der Waals surface area contributed by atoms with Crippen molar-refractivity contribution in [2.24, 2.45) is 5.84 Å². The Labute approximate surface area is 108 Å². The number of nitrogen functional groups attached to an aromatic ring is 1. The second-order valence-corrected chi connectivity index (χ2v) is 4.35. The summed E-state index contributed by atoms with van der Waals surface area (Å²) < 4.78 is 6.08. The molecule has 90 valence electrons. The number of furan rings is 1. The van der Waals surface area contributed by atoms with E-state index < -0.39 is 0 Å². The highest BCUT2D eigenvalue weighted by Gasteiger charge is 2.09. The molecule has 2 aromatic rings. The van der Waals surface area contributed by atoms with Crippen LogP contribution >= 0.6 is 15.9 Å². The maximum absolute atomic E-state index is 5.43. The predicted molar refractivity (Wildman–Crippen MR) is 69.2 cm³/mol. The van der Waals surface area contributed by atoms with E-state index in [-0.39, 0.29) is 0 Å². The summed E-state index contributed by atoms with van der Waals surface area (Å²) in [5.41, 5.74) is 3.48. The average molecular weight is 297 g/mol. The molecule has 3 N–H and O–H groups in total. The van der Waals surface area contributed by atoms with Crippen molar-refractivity contribution in [2.75, 3.05) is 5.43 Å². The van der Waals surface area contributed by atoms with Gasteiger partial charge in [-0.3, -0.25) is 0 Å². The van der Waals surface area contributed by atoms with E-state index in [1.165, 1.54) is 0 Å².